The maximum absolute atomic E-state index is 9.23. The fourth-order valence-electron chi connectivity index (χ4n) is 4.74. The minimum absolute atomic E-state index is 0.635. The van der Waals surface area contributed by atoms with Crippen molar-refractivity contribution >= 4 is 16.5 Å². The van der Waals surface area contributed by atoms with Gasteiger partial charge >= 0.3 is 0 Å². The zero-order valence-corrected chi connectivity index (χ0v) is 20.5. The number of nitriles is 1. The predicted octanol–water partition coefficient (Wildman–Crippen LogP) is 9.33. The summed E-state index contributed by atoms with van der Waals surface area (Å²) in [5.41, 5.74) is 9.37. The molecule has 3 nitrogen and oxygen atoms in total. The van der Waals surface area contributed by atoms with E-state index in [9.17, 15) is 5.26 Å². The lowest BCUT2D eigenvalue weighted by molar-refractivity contribution is 1.35. The van der Waals surface area contributed by atoms with Gasteiger partial charge < -0.3 is 0 Å². The van der Waals surface area contributed by atoms with Crippen LogP contribution >= 0.6 is 0 Å². The van der Waals surface area contributed by atoms with Gasteiger partial charge in [-0.3, -0.25) is 0 Å². The molecule has 6 aromatic rings. The molecule has 0 atom stereocenters. The van der Waals surface area contributed by atoms with Gasteiger partial charge in [0.25, 0.3) is 0 Å². The van der Waals surface area contributed by atoms with Crippen LogP contribution in [0.1, 0.15) is 5.56 Å². The molecule has 0 spiro atoms. The van der Waals surface area contributed by atoms with Gasteiger partial charge in [-0.25, -0.2) is 9.83 Å². The number of pyridine rings is 1. The molecule has 0 aliphatic rings. The lowest BCUT2D eigenvalue weighted by Gasteiger charge is -2.12. The monoisotopic (exact) mass is 483 g/mol. The minimum Gasteiger partial charge on any atom is -0.247 e. The fraction of sp³-hybridized carbons (Fsp3) is 0. The van der Waals surface area contributed by atoms with Crippen molar-refractivity contribution in [2.75, 3.05) is 0 Å². The van der Waals surface area contributed by atoms with Crippen LogP contribution in [0.25, 0.3) is 60.4 Å². The molecule has 0 unspecified atom stereocenters. The molecule has 6 rings (SSSR count). The van der Waals surface area contributed by atoms with Gasteiger partial charge in [-0.2, -0.15) is 5.26 Å². The standard InChI is InChI=1S/C35H21N3/c1-37-32-10-5-9-30(21-32)26-14-18-28(19-15-26)35-33-11-3-2-7-31(33)22-34(38-35)27-16-12-25(13-17-27)29-8-4-6-24(20-29)23-36/h2-22H. The van der Waals surface area contributed by atoms with Crippen molar-refractivity contribution in [3.8, 4) is 50.8 Å². The third-order valence-electron chi connectivity index (χ3n) is 6.71. The molecule has 176 valence electrons. The number of nitrogens with zero attached hydrogens (tertiary/aromatic N) is 3. The first-order valence-electron chi connectivity index (χ1n) is 12.3. The molecule has 0 N–H and O–H groups in total. The van der Waals surface area contributed by atoms with E-state index in [4.69, 9.17) is 11.6 Å². The lowest BCUT2D eigenvalue weighted by atomic mass is 9.97. The fourth-order valence-corrected chi connectivity index (χ4v) is 4.74. The highest BCUT2D eigenvalue weighted by Gasteiger charge is 2.11. The number of benzene rings is 5. The number of rotatable bonds is 4. The van der Waals surface area contributed by atoms with E-state index in [1.807, 2.05) is 54.6 Å². The van der Waals surface area contributed by atoms with E-state index >= 15 is 0 Å². The van der Waals surface area contributed by atoms with Crippen LogP contribution < -0.4 is 0 Å². The molecule has 0 aliphatic heterocycles. The Morgan fingerprint density at radius 3 is 1.92 bits per heavy atom. The first kappa shape index (κ1) is 22.9. The van der Waals surface area contributed by atoms with Gasteiger partial charge in [-0.15, -0.1) is 0 Å². The Morgan fingerprint density at radius 1 is 0.579 bits per heavy atom. The van der Waals surface area contributed by atoms with E-state index in [0.29, 0.717) is 11.3 Å². The molecule has 0 amide bonds. The molecule has 1 aromatic heterocycles. The summed E-state index contributed by atoms with van der Waals surface area (Å²) in [6.07, 6.45) is 0. The highest BCUT2D eigenvalue weighted by atomic mass is 14.7. The number of fused-ring (bicyclic) bond motifs is 1. The molecule has 1 heterocycles. The molecule has 3 heteroatoms. The second-order valence-corrected chi connectivity index (χ2v) is 9.09. The molecule has 0 saturated heterocycles. The first-order valence-corrected chi connectivity index (χ1v) is 12.3. The summed E-state index contributed by atoms with van der Waals surface area (Å²) in [6.45, 7) is 7.29. The third-order valence-corrected chi connectivity index (χ3v) is 6.71. The highest BCUT2D eigenvalue weighted by molar-refractivity contribution is 5.97. The first-order chi connectivity index (χ1) is 18.7. The average Bonchev–Trinajstić information content (AvgIpc) is 3.00. The van der Waals surface area contributed by atoms with E-state index in [2.05, 4.69) is 83.7 Å². The topological polar surface area (TPSA) is 41.0 Å². The summed E-state index contributed by atoms with van der Waals surface area (Å²) in [6, 6.07) is 44.7. The number of aromatic nitrogens is 1. The molecule has 5 aromatic carbocycles. The quantitative estimate of drug-likeness (QED) is 0.234. The van der Waals surface area contributed by atoms with Crippen LogP contribution in [-0.2, 0) is 0 Å². The summed E-state index contributed by atoms with van der Waals surface area (Å²) in [5.74, 6) is 0. The normalized spacial score (nSPS) is 10.6. The maximum atomic E-state index is 9.23. The smallest absolute Gasteiger partial charge is 0.187 e. The van der Waals surface area contributed by atoms with Gasteiger partial charge in [-0.1, -0.05) is 103 Å². The zero-order chi connectivity index (χ0) is 25.9. The Kier molecular flexibility index (Phi) is 5.95. The summed E-state index contributed by atoms with van der Waals surface area (Å²) in [5, 5.41) is 11.5. The van der Waals surface area contributed by atoms with Crippen LogP contribution in [0.5, 0.6) is 0 Å². The molecule has 0 bridgehead atoms. The molecule has 0 saturated carbocycles. The van der Waals surface area contributed by atoms with E-state index in [1.165, 1.54) is 0 Å². The minimum atomic E-state index is 0.635. The Bertz CT molecular complexity index is 1870. The molecular formula is C35H21N3. The number of hydrogen-bond donors (Lipinski definition) is 0. The van der Waals surface area contributed by atoms with Crippen LogP contribution in [0.3, 0.4) is 0 Å². The highest BCUT2D eigenvalue weighted by Crippen LogP contribution is 2.33. The molecule has 0 radical (unpaired) electrons. The van der Waals surface area contributed by atoms with Crippen molar-refractivity contribution in [3.63, 3.8) is 0 Å². The van der Waals surface area contributed by atoms with Crippen LogP contribution in [0, 0.1) is 17.9 Å². The van der Waals surface area contributed by atoms with Crippen LogP contribution in [0.15, 0.2) is 127 Å². The largest absolute Gasteiger partial charge is 0.247 e. The molecule has 0 aliphatic carbocycles. The van der Waals surface area contributed by atoms with Crippen LogP contribution in [0.2, 0.25) is 0 Å². The third kappa shape index (κ3) is 4.42. The van der Waals surface area contributed by atoms with E-state index in [-0.39, 0.29) is 0 Å². The summed E-state index contributed by atoms with van der Waals surface area (Å²) >= 11 is 0. The van der Waals surface area contributed by atoms with Crippen molar-refractivity contribution in [3.05, 3.63) is 144 Å². The molecule has 38 heavy (non-hydrogen) atoms. The van der Waals surface area contributed by atoms with Crippen molar-refractivity contribution in [2.45, 2.75) is 0 Å². The van der Waals surface area contributed by atoms with Crippen LogP contribution in [-0.4, -0.2) is 4.98 Å². The second kappa shape index (κ2) is 9.86. The summed E-state index contributed by atoms with van der Waals surface area (Å²) < 4.78 is 0. The number of hydrogen-bond acceptors (Lipinski definition) is 2. The van der Waals surface area contributed by atoms with Crippen molar-refractivity contribution in [2.24, 2.45) is 0 Å². The zero-order valence-electron chi connectivity index (χ0n) is 20.5. The molecule has 0 fully saturated rings. The Labute approximate surface area is 221 Å². The van der Waals surface area contributed by atoms with Crippen LogP contribution in [0.4, 0.5) is 5.69 Å². The van der Waals surface area contributed by atoms with E-state index in [1.54, 1.807) is 0 Å². The van der Waals surface area contributed by atoms with Crippen molar-refractivity contribution in [1.29, 1.82) is 5.26 Å². The van der Waals surface area contributed by atoms with E-state index in [0.717, 1.165) is 55.5 Å². The van der Waals surface area contributed by atoms with Gasteiger partial charge in [0.15, 0.2) is 5.69 Å². The SMILES string of the molecule is [C-]#[N+]c1cccc(-c2ccc(-c3nc(-c4ccc(-c5cccc(C#N)c5)cc4)cc4ccccc34)cc2)c1. The van der Waals surface area contributed by atoms with Gasteiger partial charge in [0.1, 0.15) is 0 Å². The molecular weight excluding hydrogens is 462 g/mol. The Balaban J connectivity index is 1.39. The Morgan fingerprint density at radius 2 is 1.21 bits per heavy atom. The summed E-state index contributed by atoms with van der Waals surface area (Å²) in [7, 11) is 0. The predicted molar refractivity (Wildman–Crippen MR) is 154 cm³/mol. The summed E-state index contributed by atoms with van der Waals surface area (Å²) in [4.78, 5) is 8.67. The second-order valence-electron chi connectivity index (χ2n) is 9.09. The maximum Gasteiger partial charge on any atom is 0.187 e. The van der Waals surface area contributed by atoms with Gasteiger partial charge in [0.05, 0.1) is 29.6 Å². The van der Waals surface area contributed by atoms with E-state index < -0.39 is 0 Å². The van der Waals surface area contributed by atoms with Gasteiger partial charge in [0.2, 0.25) is 0 Å². The van der Waals surface area contributed by atoms with Gasteiger partial charge in [0, 0.05) is 16.5 Å². The lowest BCUT2D eigenvalue weighted by Crippen LogP contribution is -1.91. The van der Waals surface area contributed by atoms with Crippen molar-refractivity contribution in [1.82, 2.24) is 4.98 Å². The van der Waals surface area contributed by atoms with Crippen molar-refractivity contribution < 1.29 is 0 Å². The Hall–Kier alpha value is -5.51. The van der Waals surface area contributed by atoms with Gasteiger partial charge in [-0.05, 0) is 51.9 Å². The average molecular weight is 484 g/mol.